The van der Waals surface area contributed by atoms with E-state index in [1.54, 1.807) is 36.4 Å². The molecule has 0 aliphatic heterocycles. The number of hydrogen-bond donors (Lipinski definition) is 0. The average Bonchev–Trinajstić information content (AvgIpc) is 2.77. The molecule has 0 aliphatic rings. The van der Waals surface area contributed by atoms with Crippen LogP contribution in [0.3, 0.4) is 0 Å². The van der Waals surface area contributed by atoms with Crippen molar-refractivity contribution in [2.24, 2.45) is 0 Å². The highest BCUT2D eigenvalue weighted by molar-refractivity contribution is 5.97. The van der Waals surface area contributed by atoms with Crippen molar-refractivity contribution in [2.75, 3.05) is 13.2 Å². The van der Waals surface area contributed by atoms with E-state index in [9.17, 15) is 19.2 Å². The van der Waals surface area contributed by atoms with Crippen molar-refractivity contribution >= 4 is 23.9 Å². The van der Waals surface area contributed by atoms with Gasteiger partial charge in [-0.1, -0.05) is 13.3 Å². The highest BCUT2D eigenvalue weighted by Crippen LogP contribution is 2.15. The predicted octanol–water partition coefficient (Wildman–Crippen LogP) is 4.11. The molecule has 0 unspecified atom stereocenters. The van der Waals surface area contributed by atoms with Gasteiger partial charge in [-0.15, -0.1) is 0 Å². The van der Waals surface area contributed by atoms with E-state index in [4.69, 9.17) is 14.2 Å². The maximum Gasteiger partial charge on any atom is 0.345 e. The molecule has 0 aromatic heterocycles. The zero-order chi connectivity index (χ0) is 23.3. The van der Waals surface area contributed by atoms with Crippen LogP contribution in [0.2, 0.25) is 0 Å². The van der Waals surface area contributed by atoms with Gasteiger partial charge in [0.2, 0.25) is 0 Å². The summed E-state index contributed by atoms with van der Waals surface area (Å²) in [6.45, 7) is 3.90. The van der Waals surface area contributed by atoms with E-state index >= 15 is 0 Å². The molecule has 0 radical (unpaired) electrons. The standard InChI is InChI=1S/C24H26O8/c1-3-4-6-22(26)32-24(28)19-9-13-21(14-10-19)30-16-5-15-29-20-11-7-18(8-12-20)23(27)31-17(2)25/h7-14H,3-6,15-16H2,1-2H3. The fourth-order valence-corrected chi connectivity index (χ4v) is 2.54. The molecule has 0 amide bonds. The zero-order valence-electron chi connectivity index (χ0n) is 18.1. The lowest BCUT2D eigenvalue weighted by Crippen LogP contribution is -2.12. The Morgan fingerprint density at radius 1 is 0.688 bits per heavy atom. The molecular formula is C24H26O8. The summed E-state index contributed by atoms with van der Waals surface area (Å²) in [5, 5.41) is 0. The zero-order valence-corrected chi connectivity index (χ0v) is 18.1. The van der Waals surface area contributed by atoms with Crippen LogP contribution in [0.25, 0.3) is 0 Å². The smallest absolute Gasteiger partial charge is 0.345 e. The van der Waals surface area contributed by atoms with Crippen LogP contribution < -0.4 is 9.47 Å². The van der Waals surface area contributed by atoms with Crippen LogP contribution in [0.15, 0.2) is 48.5 Å². The number of carbonyl (C=O) groups excluding carboxylic acids is 4. The third-order valence-corrected chi connectivity index (χ3v) is 4.18. The molecule has 0 fully saturated rings. The van der Waals surface area contributed by atoms with E-state index in [1.165, 1.54) is 12.1 Å². The number of carbonyl (C=O) groups is 4. The fraction of sp³-hybridized carbons (Fsp3) is 0.333. The van der Waals surface area contributed by atoms with Crippen LogP contribution in [-0.4, -0.2) is 37.1 Å². The van der Waals surface area contributed by atoms with Gasteiger partial charge in [0.1, 0.15) is 11.5 Å². The Hall–Kier alpha value is -3.68. The van der Waals surface area contributed by atoms with Crippen molar-refractivity contribution < 1.29 is 38.1 Å². The van der Waals surface area contributed by atoms with Crippen LogP contribution in [0.4, 0.5) is 0 Å². The summed E-state index contributed by atoms with van der Waals surface area (Å²) >= 11 is 0. The van der Waals surface area contributed by atoms with Crippen LogP contribution in [0, 0.1) is 0 Å². The number of esters is 4. The number of benzene rings is 2. The van der Waals surface area contributed by atoms with E-state index in [2.05, 4.69) is 4.74 Å². The van der Waals surface area contributed by atoms with E-state index in [-0.39, 0.29) is 17.5 Å². The summed E-state index contributed by atoms with van der Waals surface area (Å²) in [5.74, 6) is -1.43. The third kappa shape index (κ3) is 8.59. The molecular weight excluding hydrogens is 416 g/mol. The summed E-state index contributed by atoms with van der Waals surface area (Å²) in [6, 6.07) is 12.6. The summed E-state index contributed by atoms with van der Waals surface area (Å²) in [4.78, 5) is 45.9. The number of rotatable bonds is 11. The first-order valence-electron chi connectivity index (χ1n) is 10.3. The van der Waals surface area contributed by atoms with E-state index < -0.39 is 23.9 Å². The summed E-state index contributed by atoms with van der Waals surface area (Å²) in [7, 11) is 0. The molecule has 8 heteroatoms. The van der Waals surface area contributed by atoms with Crippen molar-refractivity contribution in [2.45, 2.75) is 39.5 Å². The first-order chi connectivity index (χ1) is 15.4. The van der Waals surface area contributed by atoms with Gasteiger partial charge in [0.15, 0.2) is 0 Å². The van der Waals surface area contributed by atoms with Gasteiger partial charge in [-0.25, -0.2) is 9.59 Å². The van der Waals surface area contributed by atoms with Gasteiger partial charge in [0.05, 0.1) is 24.3 Å². The Morgan fingerprint density at radius 3 is 1.59 bits per heavy atom. The second-order valence-electron chi connectivity index (χ2n) is 6.85. The molecule has 0 spiro atoms. The molecule has 0 saturated heterocycles. The quantitative estimate of drug-likeness (QED) is 0.291. The van der Waals surface area contributed by atoms with E-state index in [1.807, 2.05) is 6.92 Å². The van der Waals surface area contributed by atoms with Gasteiger partial charge in [-0.2, -0.15) is 0 Å². The largest absolute Gasteiger partial charge is 0.493 e. The molecule has 0 atom stereocenters. The first kappa shape index (κ1) is 24.6. The van der Waals surface area contributed by atoms with Crippen molar-refractivity contribution in [1.29, 1.82) is 0 Å². The number of unbranched alkanes of at least 4 members (excludes halogenated alkanes) is 1. The predicted molar refractivity (Wildman–Crippen MR) is 115 cm³/mol. The van der Waals surface area contributed by atoms with Gasteiger partial charge in [0, 0.05) is 19.8 Å². The van der Waals surface area contributed by atoms with Crippen molar-refractivity contribution in [3.8, 4) is 11.5 Å². The Bertz CT molecular complexity index is 916. The second kappa shape index (κ2) is 12.9. The Kier molecular flexibility index (Phi) is 9.90. The maximum atomic E-state index is 11.9. The third-order valence-electron chi connectivity index (χ3n) is 4.18. The van der Waals surface area contributed by atoms with Crippen LogP contribution in [-0.2, 0) is 19.1 Å². The van der Waals surface area contributed by atoms with Crippen LogP contribution in [0.5, 0.6) is 11.5 Å². The minimum absolute atomic E-state index is 0.224. The molecule has 170 valence electrons. The van der Waals surface area contributed by atoms with Gasteiger partial charge >= 0.3 is 23.9 Å². The number of hydrogen-bond acceptors (Lipinski definition) is 8. The molecule has 0 saturated carbocycles. The van der Waals surface area contributed by atoms with Crippen molar-refractivity contribution in [3.63, 3.8) is 0 Å². The number of ether oxygens (including phenoxy) is 4. The lowest BCUT2D eigenvalue weighted by molar-refractivity contribution is -0.138. The molecule has 0 N–H and O–H groups in total. The molecule has 32 heavy (non-hydrogen) atoms. The average molecular weight is 442 g/mol. The highest BCUT2D eigenvalue weighted by Gasteiger charge is 2.13. The normalized spacial score (nSPS) is 10.2. The summed E-state index contributed by atoms with van der Waals surface area (Å²) < 4.78 is 20.5. The van der Waals surface area contributed by atoms with Crippen LogP contribution in [0.1, 0.15) is 60.2 Å². The van der Waals surface area contributed by atoms with Crippen LogP contribution >= 0.6 is 0 Å². The Balaban J connectivity index is 1.68. The SMILES string of the molecule is CCCCC(=O)OC(=O)c1ccc(OCCCOc2ccc(C(=O)OC(C)=O)cc2)cc1. The molecule has 2 rings (SSSR count). The summed E-state index contributed by atoms with van der Waals surface area (Å²) in [6.07, 6.45) is 2.36. The van der Waals surface area contributed by atoms with Crippen molar-refractivity contribution in [3.05, 3.63) is 59.7 Å². The molecule has 2 aromatic rings. The van der Waals surface area contributed by atoms with Gasteiger partial charge < -0.3 is 18.9 Å². The lowest BCUT2D eigenvalue weighted by Gasteiger charge is -2.09. The minimum atomic E-state index is -0.708. The monoisotopic (exact) mass is 442 g/mol. The lowest BCUT2D eigenvalue weighted by atomic mass is 10.2. The molecule has 0 aliphatic carbocycles. The second-order valence-corrected chi connectivity index (χ2v) is 6.85. The molecule has 0 heterocycles. The summed E-state index contributed by atoms with van der Waals surface area (Å²) in [5.41, 5.74) is 0.537. The van der Waals surface area contributed by atoms with Gasteiger partial charge in [-0.05, 0) is 55.0 Å². The molecule has 2 aromatic carbocycles. The molecule has 8 nitrogen and oxygen atoms in total. The topological polar surface area (TPSA) is 105 Å². The Morgan fingerprint density at radius 2 is 1.16 bits per heavy atom. The maximum absolute atomic E-state index is 11.9. The van der Waals surface area contributed by atoms with Crippen molar-refractivity contribution in [1.82, 2.24) is 0 Å². The van der Waals surface area contributed by atoms with Gasteiger partial charge in [-0.3, -0.25) is 9.59 Å². The fourth-order valence-electron chi connectivity index (χ4n) is 2.54. The highest BCUT2D eigenvalue weighted by atomic mass is 16.6. The van der Waals surface area contributed by atoms with Gasteiger partial charge in [0.25, 0.3) is 0 Å². The first-order valence-corrected chi connectivity index (χ1v) is 10.3. The minimum Gasteiger partial charge on any atom is -0.493 e. The Labute approximate surface area is 186 Å². The molecule has 0 bridgehead atoms. The van der Waals surface area contributed by atoms with E-state index in [0.29, 0.717) is 37.6 Å². The van der Waals surface area contributed by atoms with E-state index in [0.717, 1.165) is 13.3 Å².